The molecule has 0 bridgehead atoms. The van der Waals surface area contributed by atoms with Crippen molar-refractivity contribution >= 4 is 11.6 Å². The summed E-state index contributed by atoms with van der Waals surface area (Å²) in [6, 6.07) is 13.7. The minimum absolute atomic E-state index is 0.186. The van der Waals surface area contributed by atoms with Gasteiger partial charge in [-0.15, -0.1) is 0 Å². The second-order valence-electron chi connectivity index (χ2n) is 8.04. The minimum Gasteiger partial charge on any atom is -0.497 e. The van der Waals surface area contributed by atoms with Crippen LogP contribution in [-0.2, 0) is 13.0 Å². The van der Waals surface area contributed by atoms with E-state index < -0.39 is 17.2 Å². The highest BCUT2D eigenvalue weighted by molar-refractivity contribution is 6.05. The lowest BCUT2D eigenvalue weighted by Crippen LogP contribution is -2.38. The molecule has 1 amide bonds. The molecule has 9 heteroatoms. The highest BCUT2D eigenvalue weighted by atomic mass is 16.5. The summed E-state index contributed by atoms with van der Waals surface area (Å²) in [6.07, 6.45) is 6.29. The van der Waals surface area contributed by atoms with Gasteiger partial charge in [0.15, 0.2) is 0 Å². The van der Waals surface area contributed by atoms with Gasteiger partial charge in [-0.25, -0.2) is 14.3 Å². The van der Waals surface area contributed by atoms with Crippen molar-refractivity contribution in [3.8, 4) is 22.7 Å². The van der Waals surface area contributed by atoms with Crippen molar-refractivity contribution in [1.82, 2.24) is 19.1 Å². The van der Waals surface area contributed by atoms with E-state index in [0.29, 0.717) is 17.1 Å². The smallest absolute Gasteiger partial charge is 0.333 e. The topological polar surface area (TPSA) is 111 Å². The third-order valence-corrected chi connectivity index (χ3v) is 5.91. The second kappa shape index (κ2) is 8.86. The first-order chi connectivity index (χ1) is 16.5. The molecule has 1 aliphatic rings. The van der Waals surface area contributed by atoms with Crippen molar-refractivity contribution in [3.05, 3.63) is 93.2 Å². The molecule has 34 heavy (non-hydrogen) atoms. The van der Waals surface area contributed by atoms with Gasteiger partial charge in [-0.3, -0.25) is 9.59 Å². The quantitative estimate of drug-likeness (QED) is 0.479. The summed E-state index contributed by atoms with van der Waals surface area (Å²) in [7, 11) is 1.52. The molecule has 172 valence electrons. The number of aromatic amines is 1. The molecule has 2 aromatic carbocycles. The SMILES string of the molecule is COc1ccc(-n2c(=O)[nH]cc(C(=O)Nc3ccccc3-c3cn4c(n3)CCCC4)c2=O)cc1. The Balaban J connectivity index is 1.48. The number of methoxy groups -OCH3 is 1. The monoisotopic (exact) mass is 457 g/mol. The fourth-order valence-electron chi connectivity index (χ4n) is 4.15. The summed E-state index contributed by atoms with van der Waals surface area (Å²) < 4.78 is 8.19. The molecule has 5 rings (SSSR count). The summed E-state index contributed by atoms with van der Waals surface area (Å²) in [5.74, 6) is 0.991. The van der Waals surface area contributed by atoms with Crippen LogP contribution in [0.15, 0.2) is 70.5 Å². The van der Waals surface area contributed by atoms with Crippen LogP contribution in [0.25, 0.3) is 16.9 Å². The number of fused-ring (bicyclic) bond motifs is 1. The Morgan fingerprint density at radius 2 is 1.88 bits per heavy atom. The number of amides is 1. The van der Waals surface area contributed by atoms with Crippen LogP contribution >= 0.6 is 0 Å². The van der Waals surface area contributed by atoms with Crippen molar-refractivity contribution in [2.45, 2.75) is 25.8 Å². The Morgan fingerprint density at radius 3 is 2.65 bits per heavy atom. The van der Waals surface area contributed by atoms with Crippen LogP contribution in [0.1, 0.15) is 29.0 Å². The lowest BCUT2D eigenvalue weighted by molar-refractivity contribution is 0.102. The summed E-state index contributed by atoms with van der Waals surface area (Å²) >= 11 is 0. The van der Waals surface area contributed by atoms with E-state index in [9.17, 15) is 14.4 Å². The van der Waals surface area contributed by atoms with Crippen molar-refractivity contribution in [2.24, 2.45) is 0 Å². The number of para-hydroxylation sites is 1. The Morgan fingerprint density at radius 1 is 1.09 bits per heavy atom. The molecule has 2 N–H and O–H groups in total. The molecule has 2 aromatic heterocycles. The first kappa shape index (κ1) is 21.4. The van der Waals surface area contributed by atoms with E-state index in [-0.39, 0.29) is 5.56 Å². The molecule has 3 heterocycles. The van der Waals surface area contributed by atoms with Crippen molar-refractivity contribution < 1.29 is 9.53 Å². The molecule has 4 aromatic rings. The van der Waals surface area contributed by atoms with Crippen molar-refractivity contribution in [3.63, 3.8) is 0 Å². The number of carbonyl (C=O) groups is 1. The van der Waals surface area contributed by atoms with Gasteiger partial charge in [-0.1, -0.05) is 18.2 Å². The Labute approximate surface area is 194 Å². The Bertz CT molecular complexity index is 1460. The van der Waals surface area contributed by atoms with Crippen LogP contribution < -0.4 is 21.3 Å². The standard InChI is InChI=1S/C25H23N5O4/c1-34-17-11-9-16(10-12-17)30-24(32)19(14-26-25(30)33)23(31)28-20-7-3-2-6-18(20)21-15-29-13-5-4-8-22(29)27-21/h2-3,6-7,9-12,14-15H,4-5,8,13H2,1H3,(H,26,33)(H,28,31). The number of aromatic nitrogens is 4. The number of hydrogen-bond donors (Lipinski definition) is 2. The molecule has 0 unspecified atom stereocenters. The third-order valence-electron chi connectivity index (χ3n) is 5.91. The predicted octanol–water partition coefficient (Wildman–Crippen LogP) is 2.99. The summed E-state index contributed by atoms with van der Waals surface area (Å²) in [4.78, 5) is 45.8. The zero-order chi connectivity index (χ0) is 23.7. The van der Waals surface area contributed by atoms with E-state index in [1.54, 1.807) is 36.4 Å². The van der Waals surface area contributed by atoms with Gasteiger partial charge in [0.2, 0.25) is 0 Å². The zero-order valence-electron chi connectivity index (χ0n) is 18.6. The van der Waals surface area contributed by atoms with Crippen LogP contribution in [0.2, 0.25) is 0 Å². The van der Waals surface area contributed by atoms with Gasteiger partial charge in [-0.05, 0) is 43.2 Å². The van der Waals surface area contributed by atoms with Crippen LogP contribution in [0.3, 0.4) is 0 Å². The van der Waals surface area contributed by atoms with Crippen LogP contribution in [0.4, 0.5) is 5.69 Å². The molecule has 0 radical (unpaired) electrons. The van der Waals surface area contributed by atoms with Crippen LogP contribution in [0.5, 0.6) is 5.75 Å². The highest BCUT2D eigenvalue weighted by Gasteiger charge is 2.19. The fraction of sp³-hybridized carbons (Fsp3) is 0.200. The molecule has 1 aliphatic heterocycles. The molecule has 0 spiro atoms. The number of nitrogens with one attached hydrogen (secondary N) is 2. The fourth-order valence-corrected chi connectivity index (χ4v) is 4.15. The van der Waals surface area contributed by atoms with Gasteiger partial charge in [-0.2, -0.15) is 0 Å². The van der Waals surface area contributed by atoms with Crippen molar-refractivity contribution in [1.29, 1.82) is 0 Å². The van der Waals surface area contributed by atoms with Gasteiger partial charge >= 0.3 is 5.69 Å². The summed E-state index contributed by atoms with van der Waals surface area (Å²) in [5.41, 5.74) is 0.837. The minimum atomic E-state index is -0.721. The number of carbonyl (C=O) groups excluding carboxylic acids is 1. The average molecular weight is 457 g/mol. The average Bonchev–Trinajstić information content (AvgIpc) is 3.29. The normalized spacial score (nSPS) is 12.7. The molecule has 0 saturated heterocycles. The van der Waals surface area contributed by atoms with Crippen LogP contribution in [-0.4, -0.2) is 32.1 Å². The van der Waals surface area contributed by atoms with E-state index >= 15 is 0 Å². The van der Waals surface area contributed by atoms with E-state index in [4.69, 9.17) is 9.72 Å². The molecule has 9 nitrogen and oxygen atoms in total. The van der Waals surface area contributed by atoms with E-state index in [1.165, 1.54) is 7.11 Å². The number of H-pyrrole nitrogens is 1. The van der Waals surface area contributed by atoms with E-state index in [2.05, 4.69) is 14.9 Å². The summed E-state index contributed by atoms with van der Waals surface area (Å²) in [6.45, 7) is 0.930. The van der Waals surface area contributed by atoms with Crippen LogP contribution in [0, 0.1) is 0 Å². The predicted molar refractivity (Wildman–Crippen MR) is 128 cm³/mol. The van der Waals surface area contributed by atoms with Gasteiger partial charge in [0.05, 0.1) is 24.2 Å². The van der Waals surface area contributed by atoms with Gasteiger partial charge in [0.1, 0.15) is 17.1 Å². The molecule has 0 aliphatic carbocycles. The lowest BCUT2D eigenvalue weighted by atomic mass is 10.1. The molecule has 0 fully saturated rings. The number of anilines is 1. The molecular formula is C25H23N5O4. The molecule has 0 atom stereocenters. The number of aryl methyl sites for hydroxylation is 2. The zero-order valence-corrected chi connectivity index (χ0v) is 18.6. The van der Waals surface area contributed by atoms with E-state index in [1.807, 2.05) is 18.3 Å². The van der Waals surface area contributed by atoms with Crippen molar-refractivity contribution in [2.75, 3.05) is 12.4 Å². The maximum Gasteiger partial charge on any atom is 0.333 e. The van der Waals surface area contributed by atoms with E-state index in [0.717, 1.165) is 53.7 Å². The highest BCUT2D eigenvalue weighted by Crippen LogP contribution is 2.29. The number of rotatable bonds is 5. The Kier molecular flexibility index (Phi) is 5.59. The second-order valence-corrected chi connectivity index (χ2v) is 8.04. The number of ether oxygens (including phenoxy) is 1. The van der Waals surface area contributed by atoms with Gasteiger partial charge < -0.3 is 19.6 Å². The lowest BCUT2D eigenvalue weighted by Gasteiger charge is -2.11. The number of benzene rings is 2. The first-order valence-electron chi connectivity index (χ1n) is 11.0. The number of imidazole rings is 1. The van der Waals surface area contributed by atoms with Gasteiger partial charge in [0.25, 0.3) is 11.5 Å². The third kappa shape index (κ3) is 3.92. The molecule has 0 saturated carbocycles. The number of hydrogen-bond acceptors (Lipinski definition) is 5. The largest absolute Gasteiger partial charge is 0.497 e. The van der Waals surface area contributed by atoms with Gasteiger partial charge in [0, 0.05) is 30.9 Å². The first-order valence-corrected chi connectivity index (χ1v) is 11.0. The molecular weight excluding hydrogens is 434 g/mol. The summed E-state index contributed by atoms with van der Waals surface area (Å²) in [5, 5.41) is 2.82. The maximum atomic E-state index is 13.1. The Hall–Kier alpha value is -4.40. The number of nitrogens with zero attached hydrogens (tertiary/aromatic N) is 3. The maximum absolute atomic E-state index is 13.1.